The van der Waals surface area contributed by atoms with E-state index in [0.717, 1.165) is 15.7 Å². The second-order valence-corrected chi connectivity index (χ2v) is 5.06. The average Bonchev–Trinajstić information content (AvgIpc) is 2.47. The molecule has 0 aliphatic rings. The van der Waals surface area contributed by atoms with Gasteiger partial charge in [0.15, 0.2) is 0 Å². The number of aryl methyl sites for hydroxylation is 1. The molecule has 0 amide bonds. The summed E-state index contributed by atoms with van der Waals surface area (Å²) in [6.45, 7) is 2.56. The maximum absolute atomic E-state index is 5.25. The molecule has 0 spiro atoms. The molecule has 0 fully saturated rings. The Balaban J connectivity index is 2.24. The molecule has 2 aromatic rings. The van der Waals surface area contributed by atoms with Crippen molar-refractivity contribution in [1.29, 1.82) is 0 Å². The Morgan fingerprint density at radius 3 is 2.40 bits per heavy atom. The first kappa shape index (κ1) is 14.6. The van der Waals surface area contributed by atoms with Crippen molar-refractivity contribution in [2.75, 3.05) is 19.5 Å². The number of hydrogen-bond acceptors (Lipinski definition) is 5. The monoisotopic (exact) mass is 337 g/mol. The Morgan fingerprint density at radius 1 is 1.15 bits per heavy atom. The summed E-state index contributed by atoms with van der Waals surface area (Å²) in [5, 5.41) is 3.33. The van der Waals surface area contributed by atoms with Crippen LogP contribution in [0.5, 0.6) is 11.8 Å². The highest BCUT2D eigenvalue weighted by Crippen LogP contribution is 2.27. The first-order chi connectivity index (χ1) is 9.65. The second kappa shape index (κ2) is 6.56. The van der Waals surface area contributed by atoms with Crippen LogP contribution in [0.15, 0.2) is 29.0 Å². The molecule has 5 nitrogen and oxygen atoms in total. The predicted octanol–water partition coefficient (Wildman–Crippen LogP) is 3.18. The number of ether oxygens (including phenoxy) is 2. The normalized spacial score (nSPS) is 10.2. The summed E-state index contributed by atoms with van der Waals surface area (Å²) in [5.41, 5.74) is 2.96. The highest BCUT2D eigenvalue weighted by molar-refractivity contribution is 9.10. The SMILES string of the molecule is COc1ncnc(OC)c1CNc1cc(C)ccc1Br. The molecule has 0 saturated carbocycles. The number of benzene rings is 1. The van der Waals surface area contributed by atoms with Gasteiger partial charge in [-0.25, -0.2) is 9.97 Å². The lowest BCUT2D eigenvalue weighted by molar-refractivity contribution is 0.363. The van der Waals surface area contributed by atoms with Crippen molar-refractivity contribution in [1.82, 2.24) is 9.97 Å². The fourth-order valence-corrected chi connectivity index (χ4v) is 2.23. The Bertz CT molecular complexity index is 583. The van der Waals surface area contributed by atoms with Gasteiger partial charge in [0, 0.05) is 10.2 Å². The summed E-state index contributed by atoms with van der Waals surface area (Å²) in [7, 11) is 3.15. The Labute approximate surface area is 126 Å². The van der Waals surface area contributed by atoms with Crippen molar-refractivity contribution in [2.24, 2.45) is 0 Å². The van der Waals surface area contributed by atoms with Crippen LogP contribution in [0.2, 0.25) is 0 Å². The number of hydrogen-bond donors (Lipinski definition) is 1. The van der Waals surface area contributed by atoms with E-state index in [1.165, 1.54) is 11.9 Å². The van der Waals surface area contributed by atoms with Crippen molar-refractivity contribution >= 4 is 21.6 Å². The number of aromatic nitrogens is 2. The lowest BCUT2D eigenvalue weighted by Crippen LogP contribution is -2.07. The van der Waals surface area contributed by atoms with Crippen LogP contribution < -0.4 is 14.8 Å². The molecular weight excluding hydrogens is 322 g/mol. The van der Waals surface area contributed by atoms with Gasteiger partial charge in [0.05, 0.1) is 26.3 Å². The highest BCUT2D eigenvalue weighted by atomic mass is 79.9. The first-order valence-corrected chi connectivity index (χ1v) is 6.87. The van der Waals surface area contributed by atoms with E-state index in [1.807, 2.05) is 19.1 Å². The molecule has 0 aliphatic heterocycles. The van der Waals surface area contributed by atoms with Gasteiger partial charge in [-0.1, -0.05) is 6.07 Å². The molecule has 106 valence electrons. The summed E-state index contributed by atoms with van der Waals surface area (Å²) >= 11 is 3.52. The van der Waals surface area contributed by atoms with Crippen molar-refractivity contribution in [3.63, 3.8) is 0 Å². The molecule has 1 N–H and O–H groups in total. The van der Waals surface area contributed by atoms with Gasteiger partial charge in [0.2, 0.25) is 11.8 Å². The van der Waals surface area contributed by atoms with Crippen LogP contribution in [0.4, 0.5) is 5.69 Å². The molecule has 2 rings (SSSR count). The topological polar surface area (TPSA) is 56.3 Å². The molecular formula is C14H16BrN3O2. The van der Waals surface area contributed by atoms with Crippen LogP contribution in [-0.2, 0) is 6.54 Å². The maximum Gasteiger partial charge on any atom is 0.225 e. The quantitative estimate of drug-likeness (QED) is 0.907. The predicted molar refractivity (Wildman–Crippen MR) is 81.3 cm³/mol. The smallest absolute Gasteiger partial charge is 0.225 e. The molecule has 0 aliphatic carbocycles. The molecule has 1 aromatic heterocycles. The highest BCUT2D eigenvalue weighted by Gasteiger charge is 2.13. The minimum Gasteiger partial charge on any atom is -0.481 e. The van der Waals surface area contributed by atoms with E-state index >= 15 is 0 Å². The molecule has 20 heavy (non-hydrogen) atoms. The van der Waals surface area contributed by atoms with E-state index in [0.29, 0.717) is 18.3 Å². The Hall–Kier alpha value is -1.82. The van der Waals surface area contributed by atoms with Crippen LogP contribution >= 0.6 is 15.9 Å². The zero-order valence-corrected chi connectivity index (χ0v) is 13.2. The van der Waals surface area contributed by atoms with E-state index < -0.39 is 0 Å². The third-order valence-corrected chi connectivity index (χ3v) is 3.52. The molecule has 0 atom stereocenters. The fourth-order valence-electron chi connectivity index (χ4n) is 1.84. The standard InChI is InChI=1S/C14H16BrN3O2/c1-9-4-5-11(15)12(6-9)16-7-10-13(19-2)17-8-18-14(10)20-3/h4-6,8,16H,7H2,1-3H3. The summed E-state index contributed by atoms with van der Waals surface area (Å²) < 4.78 is 11.5. The van der Waals surface area contributed by atoms with Crippen molar-refractivity contribution < 1.29 is 9.47 Å². The summed E-state index contributed by atoms with van der Waals surface area (Å²) in [5.74, 6) is 1.02. The lowest BCUT2D eigenvalue weighted by atomic mass is 10.2. The van der Waals surface area contributed by atoms with E-state index in [2.05, 4.69) is 37.3 Å². The molecule has 0 radical (unpaired) electrons. The van der Waals surface area contributed by atoms with E-state index in [9.17, 15) is 0 Å². The minimum atomic E-state index is 0.508. The van der Waals surface area contributed by atoms with Gasteiger partial charge in [0.1, 0.15) is 6.33 Å². The number of nitrogens with one attached hydrogen (secondary N) is 1. The van der Waals surface area contributed by atoms with Gasteiger partial charge >= 0.3 is 0 Å². The second-order valence-electron chi connectivity index (χ2n) is 4.21. The van der Waals surface area contributed by atoms with E-state index in [-0.39, 0.29) is 0 Å². The largest absolute Gasteiger partial charge is 0.481 e. The van der Waals surface area contributed by atoms with Crippen LogP contribution in [0.25, 0.3) is 0 Å². The molecule has 0 saturated heterocycles. The summed E-state index contributed by atoms with van der Waals surface area (Å²) in [6, 6.07) is 6.11. The minimum absolute atomic E-state index is 0.508. The van der Waals surface area contributed by atoms with E-state index in [1.54, 1.807) is 14.2 Å². The third-order valence-electron chi connectivity index (χ3n) is 2.83. The lowest BCUT2D eigenvalue weighted by Gasteiger charge is -2.13. The number of methoxy groups -OCH3 is 2. The zero-order chi connectivity index (χ0) is 14.5. The van der Waals surface area contributed by atoms with Crippen LogP contribution in [0, 0.1) is 6.92 Å². The molecule has 0 unspecified atom stereocenters. The van der Waals surface area contributed by atoms with E-state index in [4.69, 9.17) is 9.47 Å². The van der Waals surface area contributed by atoms with Crippen molar-refractivity contribution in [2.45, 2.75) is 13.5 Å². The number of halogens is 1. The summed E-state index contributed by atoms with van der Waals surface area (Å²) in [6.07, 6.45) is 1.42. The van der Waals surface area contributed by atoms with Gasteiger partial charge in [-0.2, -0.15) is 0 Å². The molecule has 0 bridgehead atoms. The van der Waals surface area contributed by atoms with Crippen LogP contribution in [0.1, 0.15) is 11.1 Å². The van der Waals surface area contributed by atoms with Crippen molar-refractivity contribution in [3.8, 4) is 11.8 Å². The third kappa shape index (κ3) is 3.19. The zero-order valence-electron chi connectivity index (χ0n) is 11.6. The van der Waals surface area contributed by atoms with Gasteiger partial charge in [0.25, 0.3) is 0 Å². The van der Waals surface area contributed by atoms with Crippen LogP contribution in [0.3, 0.4) is 0 Å². The molecule has 6 heteroatoms. The van der Waals surface area contributed by atoms with Crippen molar-refractivity contribution in [3.05, 3.63) is 40.1 Å². The number of anilines is 1. The first-order valence-electron chi connectivity index (χ1n) is 6.07. The van der Waals surface area contributed by atoms with Gasteiger partial charge in [-0.15, -0.1) is 0 Å². The summed E-state index contributed by atoms with van der Waals surface area (Å²) in [4.78, 5) is 8.19. The van der Waals surface area contributed by atoms with Gasteiger partial charge in [-0.05, 0) is 40.5 Å². The Morgan fingerprint density at radius 2 is 1.80 bits per heavy atom. The van der Waals surface area contributed by atoms with Gasteiger partial charge in [-0.3, -0.25) is 0 Å². The number of rotatable bonds is 5. The molecule has 1 aromatic carbocycles. The number of nitrogens with zero attached hydrogens (tertiary/aromatic N) is 2. The average molecular weight is 338 g/mol. The van der Waals surface area contributed by atoms with Gasteiger partial charge < -0.3 is 14.8 Å². The molecule has 1 heterocycles. The van der Waals surface area contributed by atoms with Crippen LogP contribution in [-0.4, -0.2) is 24.2 Å². The fraction of sp³-hybridized carbons (Fsp3) is 0.286. The Kier molecular flexibility index (Phi) is 4.79. The maximum atomic E-state index is 5.25.